The summed E-state index contributed by atoms with van der Waals surface area (Å²) in [7, 11) is 2.46. The number of H-pyrrole nitrogens is 2. The third-order valence-electron chi connectivity index (χ3n) is 14.2. The average Bonchev–Trinajstić information content (AvgIpc) is 3.95. The fourth-order valence-corrected chi connectivity index (χ4v) is 10.7. The molecule has 19 heteroatoms. The smallest absolute Gasteiger partial charge is 0.573 e. The third-order valence-corrected chi connectivity index (χ3v) is 14.5. The minimum atomic E-state index is -4.98. The van der Waals surface area contributed by atoms with Crippen molar-refractivity contribution < 1.29 is 54.9 Å². The highest BCUT2D eigenvalue weighted by Gasteiger charge is 2.35. The number of benzene rings is 2. The van der Waals surface area contributed by atoms with Crippen LogP contribution in [0.1, 0.15) is 125 Å². The van der Waals surface area contributed by atoms with Gasteiger partial charge in [0.2, 0.25) is 0 Å². The fraction of sp³-hybridized carbons (Fsp3) is 0.396. The SMILES string of the molecule is Cc1cc(C2CCC(C(C)NC(=O)c3cc(CCc4cc(C5CCC(CNC(=O)c6cc(P)[nH]c6-c6cccc(OC(F)(F)F)c6)CC5)cc(C)[n+]4[O-])[nH]c3-c3ccccc3OC(F)(F)F)CC2)cc[n+]1[O-]. The van der Waals surface area contributed by atoms with Crippen LogP contribution in [0.15, 0.2) is 91.1 Å². The van der Waals surface area contributed by atoms with E-state index in [0.29, 0.717) is 51.9 Å². The lowest BCUT2D eigenvalue weighted by Gasteiger charge is -2.32. The van der Waals surface area contributed by atoms with Crippen LogP contribution in [-0.2, 0) is 12.8 Å². The monoisotopic (exact) mass is 1020 g/mol. The Kier molecular flexibility index (Phi) is 15.6. The maximum atomic E-state index is 14.2. The lowest BCUT2D eigenvalue weighted by atomic mass is 9.76. The molecule has 0 radical (unpaired) electrons. The van der Waals surface area contributed by atoms with Gasteiger partial charge in [-0.1, -0.05) is 33.5 Å². The van der Waals surface area contributed by atoms with E-state index in [1.54, 1.807) is 38.1 Å². The standard InChI is InChI=1S/C53H57F6N6O6P/c1-30-23-37(21-22-64(30)68)35-17-15-34(16-18-35)32(3)61-51(67)44-27-40(62-49(44)43-9-4-5-10-46(43)71-53(57,58)59)19-20-41-25-39(24-31(2)65(41)69)36-13-11-33(12-14-36)29-60-50(66)45-28-47(72)63-48(45)38-7-6-8-42(26-38)70-52(54,55)56/h4-10,21-28,32-36,62-63H,11-20,29,72H2,1-3H3,(H,60,66)(H,61,67). The van der Waals surface area contributed by atoms with Gasteiger partial charge in [0.25, 0.3) is 11.8 Å². The highest BCUT2D eigenvalue weighted by molar-refractivity contribution is 7.27. The number of aryl methyl sites for hydroxylation is 4. The molecule has 72 heavy (non-hydrogen) atoms. The number of para-hydroxylation sites is 1. The van der Waals surface area contributed by atoms with Crippen LogP contribution in [0, 0.1) is 36.1 Å². The minimum Gasteiger partial charge on any atom is -0.619 e. The Morgan fingerprint density at radius 2 is 1.40 bits per heavy atom. The van der Waals surface area contributed by atoms with Crippen molar-refractivity contribution >= 4 is 26.5 Å². The Bertz CT molecular complexity index is 2900. The number of hydrogen-bond donors (Lipinski definition) is 4. The van der Waals surface area contributed by atoms with Crippen molar-refractivity contribution in [2.45, 2.75) is 116 Å². The second kappa shape index (κ2) is 21.7. The van der Waals surface area contributed by atoms with E-state index >= 15 is 0 Å². The summed E-state index contributed by atoms with van der Waals surface area (Å²) in [5.41, 5.74) is 6.23. The molecule has 2 aliphatic rings. The molecule has 2 atom stereocenters. The summed E-state index contributed by atoms with van der Waals surface area (Å²) in [5, 5.41) is 31.6. The molecule has 2 aromatic carbocycles. The van der Waals surface area contributed by atoms with Gasteiger partial charge in [0.05, 0.1) is 22.5 Å². The zero-order valence-electron chi connectivity index (χ0n) is 40.0. The summed E-state index contributed by atoms with van der Waals surface area (Å²) in [6, 6.07) is 21.6. The Hall–Kier alpha value is -6.55. The molecule has 2 saturated carbocycles. The van der Waals surface area contributed by atoms with Crippen LogP contribution < -0.4 is 35.0 Å². The molecular weight excluding hydrogens is 962 g/mol. The number of pyridine rings is 2. The number of amides is 2. The number of ether oxygens (including phenoxy) is 2. The summed E-state index contributed by atoms with van der Waals surface area (Å²) in [5.74, 6) is -0.951. The molecule has 0 spiro atoms. The first-order valence-electron chi connectivity index (χ1n) is 24.1. The van der Waals surface area contributed by atoms with Gasteiger partial charge in [-0.25, -0.2) is 0 Å². The van der Waals surface area contributed by atoms with E-state index in [1.807, 2.05) is 31.2 Å². The van der Waals surface area contributed by atoms with Gasteiger partial charge < -0.3 is 40.5 Å². The van der Waals surface area contributed by atoms with Crippen LogP contribution in [0.25, 0.3) is 22.5 Å². The first-order chi connectivity index (χ1) is 34.2. The van der Waals surface area contributed by atoms with E-state index in [4.69, 9.17) is 0 Å². The number of rotatable bonds is 15. The van der Waals surface area contributed by atoms with Crippen LogP contribution in [0.3, 0.4) is 0 Å². The molecule has 2 unspecified atom stereocenters. The molecule has 8 rings (SSSR count). The summed E-state index contributed by atoms with van der Waals surface area (Å²) in [4.78, 5) is 33.9. The fourth-order valence-electron chi connectivity index (χ4n) is 10.4. The zero-order chi connectivity index (χ0) is 51.5. The van der Waals surface area contributed by atoms with E-state index in [-0.39, 0.29) is 64.9 Å². The van der Waals surface area contributed by atoms with E-state index in [0.717, 1.165) is 72.0 Å². The summed E-state index contributed by atoms with van der Waals surface area (Å²) < 4.78 is 89.9. The van der Waals surface area contributed by atoms with Crippen molar-refractivity contribution in [1.29, 1.82) is 0 Å². The first-order valence-corrected chi connectivity index (χ1v) is 24.7. The predicted octanol–water partition coefficient (Wildman–Crippen LogP) is 10.4. The van der Waals surface area contributed by atoms with Gasteiger partial charge in [0, 0.05) is 79.4 Å². The molecule has 382 valence electrons. The average molecular weight is 1020 g/mol. The number of halogens is 6. The maximum Gasteiger partial charge on any atom is 0.573 e. The highest BCUT2D eigenvalue weighted by Crippen LogP contribution is 2.40. The molecule has 4 heterocycles. The molecule has 2 aliphatic carbocycles. The van der Waals surface area contributed by atoms with Crippen molar-refractivity contribution in [3.63, 3.8) is 0 Å². The molecule has 0 bridgehead atoms. The van der Waals surface area contributed by atoms with Crippen molar-refractivity contribution in [1.82, 2.24) is 20.6 Å². The van der Waals surface area contributed by atoms with Crippen LogP contribution in [0.4, 0.5) is 26.3 Å². The number of nitrogens with one attached hydrogen (secondary N) is 4. The largest absolute Gasteiger partial charge is 0.619 e. The lowest BCUT2D eigenvalue weighted by molar-refractivity contribution is -0.620. The number of carbonyl (C=O) groups is 2. The van der Waals surface area contributed by atoms with Gasteiger partial charge in [0.15, 0.2) is 23.3 Å². The normalized spacial score (nSPS) is 18.9. The first kappa shape index (κ1) is 51.8. The number of carbonyl (C=O) groups excluding carboxylic acids is 2. The van der Waals surface area contributed by atoms with Crippen LogP contribution in [-0.4, -0.2) is 47.1 Å². The maximum absolute atomic E-state index is 14.2. The summed E-state index contributed by atoms with van der Waals surface area (Å²) in [6.07, 6.45) is -1.18. The predicted molar refractivity (Wildman–Crippen MR) is 262 cm³/mol. The Morgan fingerprint density at radius 1 is 0.736 bits per heavy atom. The topological polar surface area (TPSA) is 162 Å². The van der Waals surface area contributed by atoms with Gasteiger partial charge in [-0.2, -0.15) is 9.46 Å². The zero-order valence-corrected chi connectivity index (χ0v) is 41.2. The Morgan fingerprint density at radius 3 is 2.11 bits per heavy atom. The summed E-state index contributed by atoms with van der Waals surface area (Å²) in [6.45, 7) is 5.84. The lowest BCUT2D eigenvalue weighted by Crippen LogP contribution is -2.39. The van der Waals surface area contributed by atoms with E-state index in [1.165, 1.54) is 42.6 Å². The van der Waals surface area contributed by atoms with Crippen molar-refractivity contribution in [2.75, 3.05) is 6.54 Å². The van der Waals surface area contributed by atoms with Gasteiger partial charge in [-0.05, 0) is 136 Å². The van der Waals surface area contributed by atoms with E-state index in [9.17, 15) is 46.3 Å². The van der Waals surface area contributed by atoms with E-state index < -0.39 is 30.1 Å². The van der Waals surface area contributed by atoms with Gasteiger partial charge in [-0.3, -0.25) is 9.59 Å². The molecule has 6 aromatic rings. The number of hydrogen-bond acceptors (Lipinski definition) is 6. The number of alkyl halides is 6. The molecule has 2 fully saturated rings. The van der Waals surface area contributed by atoms with Gasteiger partial charge in [0.1, 0.15) is 11.5 Å². The van der Waals surface area contributed by atoms with Gasteiger partial charge in [-0.15, -0.1) is 26.3 Å². The quantitative estimate of drug-likeness (QED) is 0.0347. The Labute approximate surface area is 415 Å². The minimum absolute atomic E-state index is 0.0522. The van der Waals surface area contributed by atoms with Crippen LogP contribution in [0.5, 0.6) is 11.5 Å². The second-order valence-electron chi connectivity index (χ2n) is 19.2. The molecular formula is C53H57F6N6O6P. The van der Waals surface area contributed by atoms with E-state index in [2.05, 4.69) is 39.3 Å². The number of nitrogens with zero attached hydrogens (tertiary/aromatic N) is 2. The van der Waals surface area contributed by atoms with Crippen LogP contribution >= 0.6 is 9.24 Å². The molecule has 2 amide bonds. The van der Waals surface area contributed by atoms with Crippen LogP contribution in [0.2, 0.25) is 0 Å². The molecule has 0 saturated heterocycles. The molecule has 4 aromatic heterocycles. The Balaban J connectivity index is 0.919. The molecule has 4 N–H and O–H groups in total. The number of aromatic nitrogens is 4. The third kappa shape index (κ3) is 12.7. The van der Waals surface area contributed by atoms with Crippen molar-refractivity contribution in [2.24, 2.45) is 11.8 Å². The molecule has 0 aliphatic heterocycles. The van der Waals surface area contributed by atoms with Crippen molar-refractivity contribution in [3.8, 4) is 34.0 Å². The second-order valence-corrected chi connectivity index (χ2v) is 19.8. The molecule has 12 nitrogen and oxygen atoms in total. The summed E-state index contributed by atoms with van der Waals surface area (Å²) >= 11 is 0. The number of aromatic amines is 2. The van der Waals surface area contributed by atoms with Gasteiger partial charge >= 0.3 is 12.7 Å². The highest BCUT2D eigenvalue weighted by atomic mass is 31.0. The van der Waals surface area contributed by atoms with Crippen molar-refractivity contribution in [3.05, 3.63) is 147 Å².